The van der Waals surface area contributed by atoms with Gasteiger partial charge in [0.15, 0.2) is 0 Å². The Morgan fingerprint density at radius 3 is 2.16 bits per heavy atom. The Balaban J connectivity index is 3.48. The zero-order valence-electron chi connectivity index (χ0n) is 10.8. The van der Waals surface area contributed by atoms with Gasteiger partial charge in [-0.3, -0.25) is 0 Å². The lowest BCUT2D eigenvalue weighted by molar-refractivity contribution is -0.273. The van der Waals surface area contributed by atoms with Crippen molar-refractivity contribution < 1.29 is 27.8 Å². The van der Waals surface area contributed by atoms with Crippen LogP contribution in [0.5, 0.6) is 11.5 Å². The molecular weight excluding hydrogens is 263 g/mol. The highest BCUT2D eigenvalue weighted by molar-refractivity contribution is 5.45. The number of benzene rings is 1. The van der Waals surface area contributed by atoms with Gasteiger partial charge in [-0.15, -0.1) is 0 Å². The van der Waals surface area contributed by atoms with Crippen molar-refractivity contribution in [3.05, 3.63) is 23.8 Å². The molecule has 0 aliphatic rings. The van der Waals surface area contributed by atoms with Gasteiger partial charge in [0.2, 0.25) is 5.60 Å². The summed E-state index contributed by atoms with van der Waals surface area (Å²) < 4.78 is 49.1. The molecule has 0 saturated carbocycles. The van der Waals surface area contributed by atoms with Crippen LogP contribution >= 0.6 is 0 Å². The van der Waals surface area contributed by atoms with Crippen LogP contribution in [0, 0.1) is 0 Å². The second kappa shape index (κ2) is 5.26. The van der Waals surface area contributed by atoms with Crippen molar-refractivity contribution in [3.63, 3.8) is 0 Å². The maximum atomic E-state index is 13.1. The lowest BCUT2D eigenvalue weighted by Crippen LogP contribution is -2.54. The lowest BCUT2D eigenvalue weighted by Gasteiger charge is -2.35. The Kier molecular flexibility index (Phi) is 4.32. The van der Waals surface area contributed by atoms with E-state index in [0.29, 0.717) is 5.75 Å². The van der Waals surface area contributed by atoms with E-state index in [1.807, 2.05) is 0 Å². The Morgan fingerprint density at radius 2 is 1.79 bits per heavy atom. The van der Waals surface area contributed by atoms with Crippen molar-refractivity contribution in [1.29, 1.82) is 0 Å². The third-order valence-electron chi connectivity index (χ3n) is 2.91. The van der Waals surface area contributed by atoms with Crippen LogP contribution in [0.1, 0.15) is 12.5 Å². The summed E-state index contributed by atoms with van der Waals surface area (Å²) in [5, 5.41) is 10.0. The van der Waals surface area contributed by atoms with Gasteiger partial charge in [-0.2, -0.15) is 13.2 Å². The average molecular weight is 279 g/mol. The molecule has 0 heterocycles. The van der Waals surface area contributed by atoms with Crippen LogP contribution in [-0.2, 0) is 5.60 Å². The molecule has 19 heavy (non-hydrogen) atoms. The topological polar surface area (TPSA) is 64.7 Å². The summed E-state index contributed by atoms with van der Waals surface area (Å²) in [6.45, 7) is 1.08. The van der Waals surface area contributed by atoms with Gasteiger partial charge in [-0.25, -0.2) is 0 Å². The summed E-state index contributed by atoms with van der Waals surface area (Å²) in [7, 11) is 2.58. The maximum absolute atomic E-state index is 13.1. The van der Waals surface area contributed by atoms with Gasteiger partial charge >= 0.3 is 6.18 Å². The van der Waals surface area contributed by atoms with Gasteiger partial charge in [0.05, 0.1) is 14.2 Å². The van der Waals surface area contributed by atoms with Gasteiger partial charge in [0.1, 0.15) is 11.5 Å². The second-order valence-corrected chi connectivity index (χ2v) is 4.12. The van der Waals surface area contributed by atoms with Gasteiger partial charge < -0.3 is 20.3 Å². The molecule has 4 nitrogen and oxygen atoms in total. The van der Waals surface area contributed by atoms with E-state index in [1.165, 1.54) is 26.4 Å². The molecule has 0 bridgehead atoms. The number of rotatable bonds is 4. The number of methoxy groups -OCH3 is 2. The molecule has 7 heteroatoms. The number of halogens is 3. The van der Waals surface area contributed by atoms with Gasteiger partial charge in [-0.1, -0.05) is 0 Å². The summed E-state index contributed by atoms with van der Waals surface area (Å²) in [5.41, 5.74) is 1.69. The fourth-order valence-electron chi connectivity index (χ4n) is 1.77. The number of alkyl halides is 3. The number of ether oxygens (including phenoxy) is 2. The van der Waals surface area contributed by atoms with Gasteiger partial charge in [-0.05, 0) is 19.1 Å². The molecule has 0 amide bonds. The highest BCUT2D eigenvalue weighted by atomic mass is 19.4. The molecule has 2 atom stereocenters. The summed E-state index contributed by atoms with van der Waals surface area (Å²) in [6, 6.07) is 2.09. The summed E-state index contributed by atoms with van der Waals surface area (Å²) >= 11 is 0. The van der Waals surface area contributed by atoms with Crippen LogP contribution in [-0.4, -0.2) is 31.5 Å². The van der Waals surface area contributed by atoms with Crippen molar-refractivity contribution in [1.82, 2.24) is 0 Å². The number of hydrogen-bond donors (Lipinski definition) is 2. The van der Waals surface area contributed by atoms with Crippen molar-refractivity contribution in [2.75, 3.05) is 14.2 Å². The summed E-state index contributed by atoms with van der Waals surface area (Å²) in [4.78, 5) is 0. The summed E-state index contributed by atoms with van der Waals surface area (Å²) in [5.74, 6) is 0.172. The van der Waals surface area contributed by atoms with Crippen LogP contribution in [0.4, 0.5) is 13.2 Å². The third-order valence-corrected chi connectivity index (χ3v) is 2.91. The lowest BCUT2D eigenvalue weighted by atomic mass is 9.86. The van der Waals surface area contributed by atoms with E-state index >= 15 is 0 Å². The normalized spacial score (nSPS) is 16.6. The van der Waals surface area contributed by atoms with E-state index in [-0.39, 0.29) is 5.75 Å². The van der Waals surface area contributed by atoms with Crippen LogP contribution in [0.3, 0.4) is 0 Å². The highest BCUT2D eigenvalue weighted by Gasteiger charge is 2.58. The molecule has 1 rings (SSSR count). The molecule has 108 valence electrons. The Morgan fingerprint density at radius 1 is 1.21 bits per heavy atom. The largest absolute Gasteiger partial charge is 0.497 e. The smallest absolute Gasteiger partial charge is 0.423 e. The van der Waals surface area contributed by atoms with Crippen molar-refractivity contribution in [3.8, 4) is 11.5 Å². The van der Waals surface area contributed by atoms with E-state index in [1.54, 1.807) is 0 Å². The molecular formula is C12H16F3NO3. The minimum Gasteiger partial charge on any atom is -0.497 e. The molecule has 0 spiro atoms. The second-order valence-electron chi connectivity index (χ2n) is 4.12. The molecule has 0 aliphatic heterocycles. The van der Waals surface area contributed by atoms with Crippen molar-refractivity contribution in [2.45, 2.75) is 24.7 Å². The zero-order chi connectivity index (χ0) is 14.8. The highest BCUT2D eigenvalue weighted by Crippen LogP contribution is 2.45. The molecule has 0 fully saturated rings. The minimum atomic E-state index is -4.93. The van der Waals surface area contributed by atoms with Crippen LogP contribution < -0.4 is 15.2 Å². The number of aliphatic hydroxyl groups is 1. The van der Waals surface area contributed by atoms with E-state index < -0.39 is 23.4 Å². The molecule has 1 aromatic rings. The van der Waals surface area contributed by atoms with E-state index in [0.717, 1.165) is 13.0 Å². The first-order chi connectivity index (χ1) is 8.68. The molecule has 2 unspecified atom stereocenters. The van der Waals surface area contributed by atoms with Crippen LogP contribution in [0.2, 0.25) is 0 Å². The SMILES string of the molecule is COc1ccc(C(O)(C(C)N)C(F)(F)F)c(OC)c1. The molecule has 1 aromatic carbocycles. The number of hydrogen-bond acceptors (Lipinski definition) is 4. The van der Waals surface area contributed by atoms with Crippen LogP contribution in [0.25, 0.3) is 0 Å². The van der Waals surface area contributed by atoms with E-state index in [9.17, 15) is 18.3 Å². The van der Waals surface area contributed by atoms with Crippen molar-refractivity contribution >= 4 is 0 Å². The van der Waals surface area contributed by atoms with Crippen molar-refractivity contribution in [2.24, 2.45) is 5.73 Å². The summed E-state index contributed by atoms with van der Waals surface area (Å²) in [6.07, 6.45) is -4.93. The Labute approximate surface area is 108 Å². The monoisotopic (exact) mass is 279 g/mol. The molecule has 0 radical (unpaired) electrons. The molecule has 0 aromatic heterocycles. The molecule has 3 N–H and O–H groups in total. The zero-order valence-corrected chi connectivity index (χ0v) is 10.8. The quantitative estimate of drug-likeness (QED) is 0.882. The maximum Gasteiger partial charge on any atom is 0.423 e. The number of nitrogens with two attached hydrogens (primary N) is 1. The first-order valence-electron chi connectivity index (χ1n) is 5.45. The van der Waals surface area contributed by atoms with Gasteiger partial charge in [0, 0.05) is 17.7 Å². The fourth-order valence-corrected chi connectivity index (χ4v) is 1.77. The fraction of sp³-hybridized carbons (Fsp3) is 0.500. The predicted molar refractivity (Wildman–Crippen MR) is 63.1 cm³/mol. The van der Waals surface area contributed by atoms with Gasteiger partial charge in [0.25, 0.3) is 0 Å². The predicted octanol–water partition coefficient (Wildman–Crippen LogP) is 1.80. The Hall–Kier alpha value is -1.47. The third kappa shape index (κ3) is 2.62. The van der Waals surface area contributed by atoms with Crippen LogP contribution in [0.15, 0.2) is 18.2 Å². The minimum absolute atomic E-state index is 0.142. The Bertz CT molecular complexity index is 448. The molecule has 0 saturated heterocycles. The first-order valence-corrected chi connectivity index (χ1v) is 5.45. The van der Waals surface area contributed by atoms with E-state index in [4.69, 9.17) is 15.2 Å². The molecule has 0 aliphatic carbocycles. The first kappa shape index (κ1) is 15.6. The average Bonchev–Trinajstić information content (AvgIpc) is 2.35. The van der Waals surface area contributed by atoms with E-state index in [2.05, 4.69) is 0 Å². The standard InChI is InChI=1S/C12H16F3NO3/c1-7(16)11(17,12(13,14)15)9-5-4-8(18-2)6-10(9)19-3/h4-7,17H,16H2,1-3H3.